The number of hydrogen-bond donors (Lipinski definition) is 1. The molecule has 136 valence electrons. The van der Waals surface area contributed by atoms with E-state index in [0.29, 0.717) is 31.1 Å². The van der Waals surface area contributed by atoms with Gasteiger partial charge in [0.25, 0.3) is 0 Å². The molecular weight excluding hydrogens is 317 g/mol. The molecule has 3 fully saturated rings. The summed E-state index contributed by atoms with van der Waals surface area (Å²) in [6.45, 7) is 3.01. The summed E-state index contributed by atoms with van der Waals surface area (Å²) in [4.78, 5) is 17.4. The fraction of sp³-hybridized carbons (Fsp3) is 0.650. The molecular formula is C20H28FN3O. The van der Waals surface area contributed by atoms with Crippen LogP contribution in [0.5, 0.6) is 0 Å². The summed E-state index contributed by atoms with van der Waals surface area (Å²) >= 11 is 0. The predicted molar refractivity (Wildman–Crippen MR) is 96.0 cm³/mol. The molecule has 0 bridgehead atoms. The van der Waals surface area contributed by atoms with Crippen LogP contribution in [0.4, 0.5) is 9.18 Å². The first kappa shape index (κ1) is 16.8. The van der Waals surface area contributed by atoms with E-state index < -0.39 is 0 Å². The molecule has 5 heteroatoms. The highest BCUT2D eigenvalue weighted by atomic mass is 19.1. The van der Waals surface area contributed by atoms with E-state index >= 15 is 0 Å². The van der Waals surface area contributed by atoms with Gasteiger partial charge in [0.15, 0.2) is 0 Å². The van der Waals surface area contributed by atoms with Crippen LogP contribution in [0.15, 0.2) is 24.3 Å². The van der Waals surface area contributed by atoms with E-state index in [-0.39, 0.29) is 11.8 Å². The second-order valence-corrected chi connectivity index (χ2v) is 7.81. The minimum Gasteiger partial charge on any atom is -0.335 e. The number of carbonyl (C=O) groups is 1. The molecule has 1 N–H and O–H groups in total. The third-order valence-electron chi connectivity index (χ3n) is 5.93. The fourth-order valence-corrected chi connectivity index (χ4v) is 4.39. The third kappa shape index (κ3) is 4.14. The smallest absolute Gasteiger partial charge is 0.317 e. The zero-order valence-electron chi connectivity index (χ0n) is 14.8. The number of benzene rings is 1. The number of carbonyl (C=O) groups excluding carboxylic acids is 1. The van der Waals surface area contributed by atoms with Crippen LogP contribution < -0.4 is 5.32 Å². The lowest BCUT2D eigenvalue weighted by molar-refractivity contribution is 0.154. The lowest BCUT2D eigenvalue weighted by Crippen LogP contribution is -2.51. The second-order valence-electron chi connectivity index (χ2n) is 7.81. The molecule has 1 aromatic rings. The average molecular weight is 345 g/mol. The topological polar surface area (TPSA) is 35.6 Å². The van der Waals surface area contributed by atoms with Crippen molar-refractivity contribution in [1.82, 2.24) is 15.1 Å². The first-order valence-electron chi connectivity index (χ1n) is 9.74. The minimum absolute atomic E-state index is 0.0790. The Morgan fingerprint density at radius 1 is 1.24 bits per heavy atom. The summed E-state index contributed by atoms with van der Waals surface area (Å²) in [6.07, 6.45) is 7.63. The van der Waals surface area contributed by atoms with Gasteiger partial charge in [0.1, 0.15) is 5.82 Å². The van der Waals surface area contributed by atoms with Gasteiger partial charge in [-0.15, -0.1) is 0 Å². The number of amides is 2. The number of urea groups is 1. The van der Waals surface area contributed by atoms with Gasteiger partial charge in [-0.25, -0.2) is 9.18 Å². The molecule has 3 aliphatic rings. The number of nitrogens with zero attached hydrogens (tertiary/aromatic N) is 2. The summed E-state index contributed by atoms with van der Waals surface area (Å²) < 4.78 is 13.3. The molecule has 2 amide bonds. The minimum atomic E-state index is -0.205. The molecule has 0 unspecified atom stereocenters. The Morgan fingerprint density at radius 2 is 2.12 bits per heavy atom. The lowest BCUT2D eigenvalue weighted by atomic mass is 9.98. The maximum atomic E-state index is 13.3. The molecule has 2 heterocycles. The molecule has 0 aromatic heterocycles. The molecule has 2 saturated heterocycles. The van der Waals surface area contributed by atoms with Gasteiger partial charge in [0.2, 0.25) is 0 Å². The second kappa shape index (κ2) is 7.32. The number of piperidine rings is 1. The van der Waals surface area contributed by atoms with Crippen LogP contribution in [-0.4, -0.2) is 53.6 Å². The monoisotopic (exact) mass is 345 g/mol. The van der Waals surface area contributed by atoms with Crippen molar-refractivity contribution < 1.29 is 9.18 Å². The Hall–Kier alpha value is -1.62. The van der Waals surface area contributed by atoms with E-state index in [9.17, 15) is 9.18 Å². The van der Waals surface area contributed by atoms with Crippen molar-refractivity contribution in [3.8, 4) is 0 Å². The first-order chi connectivity index (χ1) is 12.2. The van der Waals surface area contributed by atoms with Gasteiger partial charge >= 0.3 is 6.03 Å². The maximum Gasteiger partial charge on any atom is 0.317 e. The van der Waals surface area contributed by atoms with Crippen LogP contribution in [0.1, 0.15) is 44.1 Å². The molecule has 2 aliphatic heterocycles. The van der Waals surface area contributed by atoms with Crippen LogP contribution >= 0.6 is 0 Å². The Kier molecular flexibility index (Phi) is 4.93. The molecule has 1 aromatic carbocycles. The van der Waals surface area contributed by atoms with Crippen molar-refractivity contribution in [2.24, 2.45) is 0 Å². The van der Waals surface area contributed by atoms with Gasteiger partial charge in [-0.2, -0.15) is 0 Å². The number of halogens is 1. The predicted octanol–water partition coefficient (Wildman–Crippen LogP) is 3.17. The molecule has 4 rings (SSSR count). The van der Waals surface area contributed by atoms with Crippen molar-refractivity contribution in [3.63, 3.8) is 0 Å². The molecule has 25 heavy (non-hydrogen) atoms. The van der Waals surface area contributed by atoms with Crippen LogP contribution in [-0.2, 0) is 6.42 Å². The van der Waals surface area contributed by atoms with Crippen molar-refractivity contribution in [2.45, 2.75) is 63.1 Å². The maximum absolute atomic E-state index is 13.3. The molecule has 1 aliphatic carbocycles. The largest absolute Gasteiger partial charge is 0.335 e. The summed E-state index contributed by atoms with van der Waals surface area (Å²) in [5.74, 6) is -0.205. The van der Waals surface area contributed by atoms with Crippen molar-refractivity contribution >= 4 is 6.03 Å². The van der Waals surface area contributed by atoms with Gasteiger partial charge in [-0.05, 0) is 69.2 Å². The Labute approximate surface area is 149 Å². The average Bonchev–Trinajstić information content (AvgIpc) is 3.32. The molecule has 0 radical (unpaired) electrons. The van der Waals surface area contributed by atoms with E-state index in [1.54, 1.807) is 12.1 Å². The van der Waals surface area contributed by atoms with Crippen LogP contribution in [0, 0.1) is 5.82 Å². The summed E-state index contributed by atoms with van der Waals surface area (Å²) in [7, 11) is 0. The highest BCUT2D eigenvalue weighted by Gasteiger charge is 2.36. The van der Waals surface area contributed by atoms with Gasteiger partial charge in [-0.1, -0.05) is 12.1 Å². The Bertz CT molecular complexity index is 619. The molecule has 2 atom stereocenters. The fourth-order valence-electron chi connectivity index (χ4n) is 4.39. The van der Waals surface area contributed by atoms with E-state index in [1.807, 2.05) is 11.0 Å². The van der Waals surface area contributed by atoms with E-state index in [0.717, 1.165) is 37.8 Å². The van der Waals surface area contributed by atoms with Crippen LogP contribution in [0.3, 0.4) is 0 Å². The van der Waals surface area contributed by atoms with Crippen LogP contribution in [0.2, 0.25) is 0 Å². The van der Waals surface area contributed by atoms with Gasteiger partial charge in [0, 0.05) is 31.2 Å². The zero-order chi connectivity index (χ0) is 17.2. The Balaban J connectivity index is 1.32. The van der Waals surface area contributed by atoms with Crippen molar-refractivity contribution in [3.05, 3.63) is 35.6 Å². The first-order valence-corrected chi connectivity index (χ1v) is 9.74. The zero-order valence-corrected chi connectivity index (χ0v) is 14.8. The van der Waals surface area contributed by atoms with Crippen molar-refractivity contribution in [2.75, 3.05) is 19.6 Å². The Morgan fingerprint density at radius 3 is 2.92 bits per heavy atom. The number of hydrogen-bond acceptors (Lipinski definition) is 2. The number of nitrogens with one attached hydrogen (secondary N) is 1. The summed E-state index contributed by atoms with van der Waals surface area (Å²) in [5, 5.41) is 3.29. The lowest BCUT2D eigenvalue weighted by Gasteiger charge is -2.36. The van der Waals surface area contributed by atoms with Gasteiger partial charge in [-0.3, -0.25) is 0 Å². The molecule has 1 saturated carbocycles. The van der Waals surface area contributed by atoms with Crippen molar-refractivity contribution in [1.29, 1.82) is 0 Å². The normalized spacial score (nSPS) is 26.3. The standard InChI is InChI=1S/C20H28FN3O/c21-16-4-1-3-15(13-16)8-12-24(18-6-7-18)20(25)22-17-9-11-23-10-2-5-19(23)14-17/h1,3-4,13,17-19H,2,5-12,14H2,(H,22,25)/t17-,19-/m1/s1. The highest BCUT2D eigenvalue weighted by Crippen LogP contribution is 2.29. The quantitative estimate of drug-likeness (QED) is 0.890. The number of fused-ring (bicyclic) bond motifs is 1. The van der Waals surface area contributed by atoms with Gasteiger partial charge in [0.05, 0.1) is 0 Å². The summed E-state index contributed by atoms with van der Waals surface area (Å²) in [6, 6.07) is 8.13. The van der Waals surface area contributed by atoms with Gasteiger partial charge < -0.3 is 15.1 Å². The SMILES string of the molecule is O=C(N[C@@H]1CCN2CCC[C@@H]2C1)N(CCc1cccc(F)c1)C1CC1. The van der Waals surface area contributed by atoms with E-state index in [4.69, 9.17) is 0 Å². The molecule has 4 nitrogen and oxygen atoms in total. The number of rotatable bonds is 5. The van der Waals surface area contributed by atoms with E-state index in [1.165, 1.54) is 25.5 Å². The van der Waals surface area contributed by atoms with E-state index in [2.05, 4.69) is 10.2 Å². The third-order valence-corrected chi connectivity index (χ3v) is 5.93. The molecule has 0 spiro atoms. The van der Waals surface area contributed by atoms with Crippen LogP contribution in [0.25, 0.3) is 0 Å². The summed E-state index contributed by atoms with van der Waals surface area (Å²) in [5.41, 5.74) is 0.956. The highest BCUT2D eigenvalue weighted by molar-refractivity contribution is 5.75.